The lowest BCUT2D eigenvalue weighted by Gasteiger charge is -2.14. The Bertz CT molecular complexity index is 395. The maximum Gasteiger partial charge on any atom is 0.573 e. The van der Waals surface area contributed by atoms with Gasteiger partial charge in [-0.3, -0.25) is 0 Å². The minimum Gasteiger partial charge on any atom is -0.405 e. The first-order chi connectivity index (χ1) is 8.31. The van der Waals surface area contributed by atoms with Gasteiger partial charge in [0.15, 0.2) is 0 Å². The van der Waals surface area contributed by atoms with Crippen molar-refractivity contribution in [1.82, 2.24) is 0 Å². The molecule has 1 rings (SSSR count). The fourth-order valence-corrected chi connectivity index (χ4v) is 1.71. The first-order valence-corrected chi connectivity index (χ1v) is 6.40. The molecule has 102 valence electrons. The molecule has 0 radical (unpaired) electrons. The SMILES string of the molecule is CCC(C)CNc1ccc(OC(F)(F)F)c(Br)c1. The van der Waals surface area contributed by atoms with Crippen molar-refractivity contribution < 1.29 is 17.9 Å². The van der Waals surface area contributed by atoms with E-state index in [1.807, 2.05) is 0 Å². The number of anilines is 1. The van der Waals surface area contributed by atoms with Crippen molar-refractivity contribution in [2.24, 2.45) is 5.92 Å². The van der Waals surface area contributed by atoms with Gasteiger partial charge in [-0.25, -0.2) is 0 Å². The van der Waals surface area contributed by atoms with Gasteiger partial charge < -0.3 is 10.1 Å². The molecule has 1 unspecified atom stereocenters. The number of nitrogens with one attached hydrogen (secondary N) is 1. The number of benzene rings is 1. The third-order valence-corrected chi connectivity index (χ3v) is 3.13. The highest BCUT2D eigenvalue weighted by molar-refractivity contribution is 9.10. The normalized spacial score (nSPS) is 13.2. The topological polar surface area (TPSA) is 21.3 Å². The van der Waals surface area contributed by atoms with Crippen molar-refractivity contribution in [3.05, 3.63) is 22.7 Å². The quantitative estimate of drug-likeness (QED) is 0.839. The number of hydrogen-bond donors (Lipinski definition) is 1. The van der Waals surface area contributed by atoms with Gasteiger partial charge in [-0.15, -0.1) is 13.2 Å². The molecule has 1 atom stereocenters. The van der Waals surface area contributed by atoms with Crippen LogP contribution < -0.4 is 10.1 Å². The monoisotopic (exact) mass is 325 g/mol. The molecule has 0 amide bonds. The molecule has 0 aliphatic rings. The van der Waals surface area contributed by atoms with Crippen LogP contribution in [0.1, 0.15) is 20.3 Å². The molecule has 0 bridgehead atoms. The van der Waals surface area contributed by atoms with Crippen LogP contribution in [0.25, 0.3) is 0 Å². The van der Waals surface area contributed by atoms with Crippen LogP contribution in [-0.2, 0) is 0 Å². The molecule has 0 aliphatic heterocycles. The van der Waals surface area contributed by atoms with Gasteiger partial charge in [0, 0.05) is 12.2 Å². The van der Waals surface area contributed by atoms with Gasteiger partial charge >= 0.3 is 6.36 Å². The van der Waals surface area contributed by atoms with E-state index in [1.54, 1.807) is 12.1 Å². The number of alkyl halides is 3. The summed E-state index contributed by atoms with van der Waals surface area (Å²) >= 11 is 3.06. The van der Waals surface area contributed by atoms with Gasteiger partial charge in [0.05, 0.1) is 4.47 Å². The zero-order valence-electron chi connectivity index (χ0n) is 10.1. The van der Waals surface area contributed by atoms with Gasteiger partial charge in [0.25, 0.3) is 0 Å². The molecule has 1 N–H and O–H groups in total. The summed E-state index contributed by atoms with van der Waals surface area (Å²) in [6.07, 6.45) is -3.63. The van der Waals surface area contributed by atoms with Gasteiger partial charge in [-0.05, 0) is 40.0 Å². The Morgan fingerprint density at radius 3 is 2.56 bits per heavy atom. The standard InChI is InChI=1S/C12H15BrF3NO/c1-3-8(2)7-17-9-4-5-11(10(13)6-9)18-12(14,15)16/h4-6,8,17H,3,7H2,1-2H3. The predicted molar refractivity (Wildman–Crippen MR) is 68.8 cm³/mol. The summed E-state index contributed by atoms with van der Waals surface area (Å²) in [6, 6.07) is 4.42. The number of hydrogen-bond acceptors (Lipinski definition) is 2. The van der Waals surface area contributed by atoms with E-state index >= 15 is 0 Å². The Kier molecular flexibility index (Phi) is 5.31. The van der Waals surface area contributed by atoms with E-state index in [9.17, 15) is 13.2 Å². The number of ether oxygens (including phenoxy) is 1. The largest absolute Gasteiger partial charge is 0.573 e. The summed E-state index contributed by atoms with van der Waals surface area (Å²) in [5.74, 6) is 0.270. The zero-order chi connectivity index (χ0) is 13.8. The maximum atomic E-state index is 12.1. The number of halogens is 4. The molecule has 0 spiro atoms. The van der Waals surface area contributed by atoms with E-state index < -0.39 is 6.36 Å². The molecule has 1 aromatic carbocycles. The van der Waals surface area contributed by atoms with E-state index in [1.165, 1.54) is 6.07 Å². The zero-order valence-corrected chi connectivity index (χ0v) is 11.7. The van der Waals surface area contributed by atoms with Gasteiger partial charge in [0.2, 0.25) is 0 Å². The molecule has 0 saturated carbocycles. The highest BCUT2D eigenvalue weighted by Crippen LogP contribution is 2.32. The van der Waals surface area contributed by atoms with Gasteiger partial charge in [-0.1, -0.05) is 20.3 Å². The molecule has 0 heterocycles. The van der Waals surface area contributed by atoms with E-state index in [2.05, 4.69) is 39.8 Å². The molecule has 0 fully saturated rings. The summed E-state index contributed by atoms with van der Waals surface area (Å²) in [5, 5.41) is 3.16. The lowest BCUT2D eigenvalue weighted by Crippen LogP contribution is -2.17. The highest BCUT2D eigenvalue weighted by Gasteiger charge is 2.31. The summed E-state index contributed by atoms with van der Waals surface area (Å²) in [6.45, 7) is 4.97. The fraction of sp³-hybridized carbons (Fsp3) is 0.500. The highest BCUT2D eigenvalue weighted by atomic mass is 79.9. The Balaban J connectivity index is 2.67. The van der Waals surface area contributed by atoms with Crippen LogP contribution in [0.3, 0.4) is 0 Å². The molecule has 1 aromatic rings. The van der Waals surface area contributed by atoms with Crippen LogP contribution in [0, 0.1) is 5.92 Å². The summed E-state index contributed by atoms with van der Waals surface area (Å²) in [7, 11) is 0. The lowest BCUT2D eigenvalue weighted by molar-refractivity contribution is -0.274. The first-order valence-electron chi connectivity index (χ1n) is 5.61. The van der Waals surface area contributed by atoms with E-state index in [0.29, 0.717) is 5.92 Å². The van der Waals surface area contributed by atoms with Crippen LogP contribution in [0.4, 0.5) is 18.9 Å². The summed E-state index contributed by atoms with van der Waals surface area (Å²) in [5.41, 5.74) is 0.761. The van der Waals surface area contributed by atoms with E-state index in [0.717, 1.165) is 18.7 Å². The van der Waals surface area contributed by atoms with Crippen molar-refractivity contribution >= 4 is 21.6 Å². The molecule has 0 aliphatic carbocycles. The smallest absolute Gasteiger partial charge is 0.405 e. The Labute approximate surface area is 113 Å². The van der Waals surface area contributed by atoms with Crippen molar-refractivity contribution in [2.45, 2.75) is 26.6 Å². The Morgan fingerprint density at radius 2 is 2.06 bits per heavy atom. The molecular formula is C12H15BrF3NO. The molecule has 2 nitrogen and oxygen atoms in total. The first kappa shape index (κ1) is 15.1. The second-order valence-electron chi connectivity index (χ2n) is 4.09. The Hall–Kier alpha value is -0.910. The fourth-order valence-electron chi connectivity index (χ4n) is 1.25. The van der Waals surface area contributed by atoms with Crippen molar-refractivity contribution in [3.8, 4) is 5.75 Å². The maximum absolute atomic E-state index is 12.1. The molecular weight excluding hydrogens is 311 g/mol. The molecule has 18 heavy (non-hydrogen) atoms. The molecule has 6 heteroatoms. The van der Waals surface area contributed by atoms with E-state index in [-0.39, 0.29) is 10.2 Å². The number of rotatable bonds is 5. The average Bonchev–Trinajstić information content (AvgIpc) is 2.27. The lowest BCUT2D eigenvalue weighted by atomic mass is 10.1. The Morgan fingerprint density at radius 1 is 1.39 bits per heavy atom. The van der Waals surface area contributed by atoms with Crippen molar-refractivity contribution in [2.75, 3.05) is 11.9 Å². The summed E-state index contributed by atoms with van der Waals surface area (Å²) in [4.78, 5) is 0. The predicted octanol–water partition coefficient (Wildman–Crippen LogP) is 4.81. The van der Waals surface area contributed by atoms with Crippen LogP contribution >= 0.6 is 15.9 Å². The van der Waals surface area contributed by atoms with Crippen LogP contribution in [0.5, 0.6) is 5.75 Å². The van der Waals surface area contributed by atoms with Crippen LogP contribution in [0.15, 0.2) is 22.7 Å². The second kappa shape index (κ2) is 6.31. The third-order valence-electron chi connectivity index (χ3n) is 2.51. The minimum absolute atomic E-state index is 0.239. The van der Waals surface area contributed by atoms with Gasteiger partial charge in [-0.2, -0.15) is 0 Å². The average molecular weight is 326 g/mol. The second-order valence-corrected chi connectivity index (χ2v) is 4.94. The van der Waals surface area contributed by atoms with Crippen molar-refractivity contribution in [3.63, 3.8) is 0 Å². The molecule has 0 aromatic heterocycles. The van der Waals surface area contributed by atoms with Gasteiger partial charge in [0.1, 0.15) is 5.75 Å². The molecule has 0 saturated heterocycles. The van der Waals surface area contributed by atoms with Crippen molar-refractivity contribution in [1.29, 1.82) is 0 Å². The third kappa shape index (κ3) is 5.16. The summed E-state index contributed by atoms with van der Waals surface area (Å²) < 4.78 is 40.3. The minimum atomic E-state index is -4.67. The van der Waals surface area contributed by atoms with E-state index in [4.69, 9.17) is 0 Å². The van der Waals surface area contributed by atoms with Crippen LogP contribution in [0.2, 0.25) is 0 Å². The van der Waals surface area contributed by atoms with Crippen LogP contribution in [-0.4, -0.2) is 12.9 Å².